The molecular formula is C14H16FNO2. The molecular weight excluding hydrogens is 233 g/mol. The number of carbonyl (C=O) groups excluding carboxylic acids is 1. The molecule has 3 nitrogen and oxygen atoms in total. The third-order valence-electron chi connectivity index (χ3n) is 2.74. The molecule has 0 unspecified atom stereocenters. The van der Waals surface area contributed by atoms with E-state index in [4.69, 9.17) is 4.74 Å². The average molecular weight is 249 g/mol. The van der Waals surface area contributed by atoms with Crippen LogP contribution in [0.3, 0.4) is 0 Å². The number of nitrogens with one attached hydrogen (secondary N) is 1. The van der Waals surface area contributed by atoms with Crippen LogP contribution in [-0.4, -0.2) is 11.0 Å². The van der Waals surface area contributed by atoms with Gasteiger partial charge in [-0.2, -0.15) is 0 Å². The molecule has 1 aromatic carbocycles. The molecule has 0 aliphatic rings. The predicted octanol–water partition coefficient (Wildman–Crippen LogP) is 3.57. The summed E-state index contributed by atoms with van der Waals surface area (Å²) in [7, 11) is 0. The predicted molar refractivity (Wildman–Crippen MR) is 68.1 cm³/mol. The van der Waals surface area contributed by atoms with Crippen molar-refractivity contribution in [2.45, 2.75) is 27.7 Å². The molecule has 18 heavy (non-hydrogen) atoms. The summed E-state index contributed by atoms with van der Waals surface area (Å²) in [4.78, 5) is 14.7. The van der Waals surface area contributed by atoms with Crippen LogP contribution >= 0.6 is 0 Å². The van der Waals surface area contributed by atoms with Gasteiger partial charge in [0.1, 0.15) is 5.82 Å². The summed E-state index contributed by atoms with van der Waals surface area (Å²) in [5.41, 5.74) is 0.573. The maximum atomic E-state index is 13.4. The highest BCUT2D eigenvalue weighted by atomic mass is 19.1. The Kier molecular flexibility index (Phi) is 2.89. The number of aromatic amines is 1. The number of aromatic nitrogens is 1. The molecule has 0 radical (unpaired) electrons. The monoisotopic (exact) mass is 249 g/mol. The maximum absolute atomic E-state index is 13.4. The van der Waals surface area contributed by atoms with Crippen molar-refractivity contribution < 1.29 is 13.9 Å². The van der Waals surface area contributed by atoms with Crippen molar-refractivity contribution >= 4 is 16.9 Å². The number of esters is 1. The zero-order valence-electron chi connectivity index (χ0n) is 10.9. The Balaban J connectivity index is 2.41. The smallest absolute Gasteiger partial charge is 0.316 e. The number of benzene rings is 1. The largest absolute Gasteiger partial charge is 0.424 e. The second-order valence-electron chi connectivity index (χ2n) is 5.44. The molecule has 96 valence electrons. The fourth-order valence-electron chi connectivity index (χ4n) is 1.56. The summed E-state index contributed by atoms with van der Waals surface area (Å²) in [6.07, 6.45) is 1.58. The molecule has 0 spiro atoms. The van der Waals surface area contributed by atoms with Gasteiger partial charge in [-0.3, -0.25) is 4.79 Å². The lowest BCUT2D eigenvalue weighted by Gasteiger charge is -2.15. The van der Waals surface area contributed by atoms with Gasteiger partial charge < -0.3 is 9.72 Å². The molecule has 0 aliphatic carbocycles. The molecule has 2 aromatic rings. The third kappa shape index (κ3) is 2.23. The number of carbonyl (C=O) groups is 1. The van der Waals surface area contributed by atoms with Crippen molar-refractivity contribution in [2.24, 2.45) is 5.41 Å². The quantitative estimate of drug-likeness (QED) is 0.785. The van der Waals surface area contributed by atoms with E-state index < -0.39 is 5.41 Å². The lowest BCUT2D eigenvalue weighted by Crippen LogP contribution is -2.25. The molecule has 0 saturated heterocycles. The zero-order chi connectivity index (χ0) is 13.5. The topological polar surface area (TPSA) is 42.1 Å². The summed E-state index contributed by atoms with van der Waals surface area (Å²) in [5, 5.41) is 0.714. The van der Waals surface area contributed by atoms with Gasteiger partial charge in [-0.15, -0.1) is 0 Å². The van der Waals surface area contributed by atoms with E-state index in [-0.39, 0.29) is 11.8 Å². The SMILES string of the molecule is Cc1cc2c(OC(=O)C(C)(C)C)c[nH]c2cc1F. The molecule has 1 heterocycles. The van der Waals surface area contributed by atoms with Crippen LogP contribution in [0.15, 0.2) is 18.3 Å². The van der Waals surface area contributed by atoms with Crippen molar-refractivity contribution in [3.8, 4) is 5.75 Å². The van der Waals surface area contributed by atoms with Crippen LogP contribution in [0.1, 0.15) is 26.3 Å². The van der Waals surface area contributed by atoms with Crippen LogP contribution in [0.5, 0.6) is 5.75 Å². The fourth-order valence-corrected chi connectivity index (χ4v) is 1.56. The molecule has 1 aromatic heterocycles. The number of halogens is 1. The molecule has 0 aliphatic heterocycles. The molecule has 0 saturated carbocycles. The molecule has 0 atom stereocenters. The second-order valence-corrected chi connectivity index (χ2v) is 5.44. The van der Waals surface area contributed by atoms with Gasteiger partial charge in [0, 0.05) is 11.6 Å². The number of rotatable bonds is 1. The molecule has 0 fully saturated rings. The van der Waals surface area contributed by atoms with Crippen LogP contribution in [0.25, 0.3) is 10.9 Å². The minimum Gasteiger partial charge on any atom is -0.424 e. The van der Waals surface area contributed by atoms with Gasteiger partial charge >= 0.3 is 5.97 Å². The van der Waals surface area contributed by atoms with Crippen molar-refractivity contribution in [3.05, 3.63) is 29.7 Å². The van der Waals surface area contributed by atoms with E-state index in [0.29, 0.717) is 22.2 Å². The number of fused-ring (bicyclic) bond motifs is 1. The molecule has 0 bridgehead atoms. The van der Waals surface area contributed by atoms with Gasteiger partial charge in [0.05, 0.1) is 10.9 Å². The summed E-state index contributed by atoms with van der Waals surface area (Å²) in [6.45, 7) is 7.04. The number of hydrogen-bond acceptors (Lipinski definition) is 2. The van der Waals surface area contributed by atoms with Gasteiger partial charge in [-0.05, 0) is 45.4 Å². The highest BCUT2D eigenvalue weighted by Crippen LogP contribution is 2.29. The Bertz CT molecular complexity index is 608. The summed E-state index contributed by atoms with van der Waals surface area (Å²) >= 11 is 0. The van der Waals surface area contributed by atoms with Gasteiger partial charge in [0.15, 0.2) is 5.75 Å². The minimum absolute atomic E-state index is 0.280. The summed E-state index contributed by atoms with van der Waals surface area (Å²) in [5.74, 6) is -0.156. The lowest BCUT2D eigenvalue weighted by molar-refractivity contribution is -0.142. The van der Waals surface area contributed by atoms with Crippen molar-refractivity contribution in [2.75, 3.05) is 0 Å². The number of H-pyrrole nitrogens is 1. The Morgan fingerprint density at radius 3 is 2.61 bits per heavy atom. The van der Waals surface area contributed by atoms with Crippen LogP contribution in [0, 0.1) is 18.2 Å². The number of aryl methyl sites for hydroxylation is 1. The third-order valence-corrected chi connectivity index (χ3v) is 2.74. The van der Waals surface area contributed by atoms with Crippen LogP contribution in [-0.2, 0) is 4.79 Å². The van der Waals surface area contributed by atoms with E-state index in [9.17, 15) is 9.18 Å². The minimum atomic E-state index is -0.571. The van der Waals surface area contributed by atoms with Crippen LogP contribution in [0.4, 0.5) is 4.39 Å². The first-order valence-electron chi connectivity index (χ1n) is 5.78. The Morgan fingerprint density at radius 2 is 2.00 bits per heavy atom. The van der Waals surface area contributed by atoms with Crippen molar-refractivity contribution in [1.82, 2.24) is 4.98 Å². The van der Waals surface area contributed by atoms with E-state index in [1.807, 2.05) is 0 Å². The number of ether oxygens (including phenoxy) is 1. The number of hydrogen-bond donors (Lipinski definition) is 1. The second kappa shape index (κ2) is 4.12. The van der Waals surface area contributed by atoms with Crippen LogP contribution < -0.4 is 4.74 Å². The van der Waals surface area contributed by atoms with Gasteiger partial charge in [-0.25, -0.2) is 4.39 Å². The van der Waals surface area contributed by atoms with Crippen molar-refractivity contribution in [3.63, 3.8) is 0 Å². The van der Waals surface area contributed by atoms with Gasteiger partial charge in [-0.1, -0.05) is 0 Å². The standard InChI is InChI=1S/C14H16FNO2/c1-8-5-9-11(6-10(8)15)16-7-12(9)18-13(17)14(2,3)4/h5-7,16H,1-4H3. The lowest BCUT2D eigenvalue weighted by atomic mass is 9.97. The van der Waals surface area contributed by atoms with E-state index in [1.165, 1.54) is 6.07 Å². The normalized spacial score (nSPS) is 11.8. The van der Waals surface area contributed by atoms with Crippen LogP contribution in [0.2, 0.25) is 0 Å². The summed E-state index contributed by atoms with van der Waals surface area (Å²) in [6, 6.07) is 3.07. The van der Waals surface area contributed by atoms with E-state index in [2.05, 4.69) is 4.98 Å². The Morgan fingerprint density at radius 1 is 1.33 bits per heavy atom. The molecule has 0 amide bonds. The Labute approximate surface area is 105 Å². The van der Waals surface area contributed by atoms with Gasteiger partial charge in [0.25, 0.3) is 0 Å². The molecule has 1 N–H and O–H groups in total. The fraction of sp³-hybridized carbons (Fsp3) is 0.357. The Hall–Kier alpha value is -1.84. The van der Waals surface area contributed by atoms with E-state index >= 15 is 0 Å². The first-order valence-corrected chi connectivity index (χ1v) is 5.78. The van der Waals surface area contributed by atoms with Crippen molar-refractivity contribution in [1.29, 1.82) is 0 Å². The van der Waals surface area contributed by atoms with E-state index in [1.54, 1.807) is 40.0 Å². The first-order chi connectivity index (χ1) is 8.29. The summed E-state index contributed by atoms with van der Waals surface area (Å²) < 4.78 is 18.7. The van der Waals surface area contributed by atoms with Gasteiger partial charge in [0.2, 0.25) is 0 Å². The zero-order valence-corrected chi connectivity index (χ0v) is 10.9. The first kappa shape index (κ1) is 12.6. The maximum Gasteiger partial charge on any atom is 0.316 e. The molecule has 2 rings (SSSR count). The highest BCUT2D eigenvalue weighted by Gasteiger charge is 2.24. The average Bonchev–Trinajstić information content (AvgIpc) is 2.61. The van der Waals surface area contributed by atoms with E-state index in [0.717, 1.165) is 0 Å². The molecule has 4 heteroatoms. The highest BCUT2D eigenvalue weighted by molar-refractivity contribution is 5.90.